The van der Waals surface area contributed by atoms with Crippen LogP contribution in [0.25, 0.3) is 5.65 Å². The summed E-state index contributed by atoms with van der Waals surface area (Å²) < 4.78 is 1.65. The van der Waals surface area contributed by atoms with Crippen LogP contribution >= 0.6 is 0 Å². The zero-order valence-corrected chi connectivity index (χ0v) is 14.6. The molecule has 0 aliphatic carbocycles. The van der Waals surface area contributed by atoms with Gasteiger partial charge in [0, 0.05) is 25.2 Å². The first-order chi connectivity index (χ1) is 12.5. The molecule has 0 bridgehead atoms. The van der Waals surface area contributed by atoms with Gasteiger partial charge in [0.2, 0.25) is 5.91 Å². The molecule has 4 rings (SSSR count). The topological polar surface area (TPSA) is 93.6 Å². The lowest BCUT2D eigenvalue weighted by atomic mass is 9.93. The highest BCUT2D eigenvalue weighted by molar-refractivity contribution is 5.98. The van der Waals surface area contributed by atoms with E-state index in [0.717, 1.165) is 16.8 Å². The standard InChI is InChI=1S/C19H19N5O2/c1-11-7-17-21-9-15(12(2)24(17)22-11)19(26)23-10-14-6-4-3-5-13(14)8-16(23)18(20)25/h3-7,9,16H,8,10H2,1-2H3,(H2,20,25)/t16-/m0/s1. The summed E-state index contributed by atoms with van der Waals surface area (Å²) in [6, 6.07) is 8.97. The molecule has 0 saturated carbocycles. The van der Waals surface area contributed by atoms with Gasteiger partial charge in [0.25, 0.3) is 5.91 Å². The molecule has 0 radical (unpaired) electrons. The van der Waals surface area contributed by atoms with Crippen molar-refractivity contribution in [2.24, 2.45) is 5.73 Å². The monoisotopic (exact) mass is 349 g/mol. The fraction of sp³-hybridized carbons (Fsp3) is 0.263. The van der Waals surface area contributed by atoms with Crippen molar-refractivity contribution < 1.29 is 9.59 Å². The largest absolute Gasteiger partial charge is 0.368 e. The zero-order valence-electron chi connectivity index (χ0n) is 14.6. The average Bonchev–Trinajstić information content (AvgIpc) is 3.01. The molecule has 1 aliphatic rings. The number of hydrogen-bond acceptors (Lipinski definition) is 4. The minimum Gasteiger partial charge on any atom is -0.368 e. The number of hydrogen-bond donors (Lipinski definition) is 1. The molecule has 2 amide bonds. The summed E-state index contributed by atoms with van der Waals surface area (Å²) in [5, 5.41) is 4.38. The number of primary amides is 1. The lowest BCUT2D eigenvalue weighted by molar-refractivity contribution is -0.122. The second-order valence-electron chi connectivity index (χ2n) is 6.64. The zero-order chi connectivity index (χ0) is 18.4. The Morgan fingerprint density at radius 3 is 2.65 bits per heavy atom. The van der Waals surface area contributed by atoms with E-state index in [-0.39, 0.29) is 5.91 Å². The Bertz CT molecular complexity index is 1040. The van der Waals surface area contributed by atoms with Gasteiger partial charge in [-0.15, -0.1) is 0 Å². The maximum atomic E-state index is 13.2. The molecule has 1 aromatic carbocycles. The number of amides is 2. The summed E-state index contributed by atoms with van der Waals surface area (Å²) in [5.41, 5.74) is 10.3. The lowest BCUT2D eigenvalue weighted by Gasteiger charge is -2.35. The van der Waals surface area contributed by atoms with Gasteiger partial charge in [-0.1, -0.05) is 24.3 Å². The summed E-state index contributed by atoms with van der Waals surface area (Å²) in [6.45, 7) is 4.05. The molecule has 0 saturated heterocycles. The van der Waals surface area contributed by atoms with Crippen LogP contribution in [-0.2, 0) is 17.8 Å². The Morgan fingerprint density at radius 1 is 1.19 bits per heavy atom. The number of carbonyl (C=O) groups excluding carboxylic acids is 2. The molecule has 0 unspecified atom stereocenters. The van der Waals surface area contributed by atoms with E-state index >= 15 is 0 Å². The van der Waals surface area contributed by atoms with E-state index < -0.39 is 11.9 Å². The molecule has 3 aromatic rings. The van der Waals surface area contributed by atoms with Gasteiger partial charge in [0.15, 0.2) is 5.65 Å². The summed E-state index contributed by atoms with van der Waals surface area (Å²) in [6.07, 6.45) is 1.97. The maximum Gasteiger partial charge on any atom is 0.258 e. The van der Waals surface area contributed by atoms with Crippen molar-refractivity contribution in [1.82, 2.24) is 19.5 Å². The smallest absolute Gasteiger partial charge is 0.258 e. The molecule has 132 valence electrons. The van der Waals surface area contributed by atoms with E-state index in [0.29, 0.717) is 29.9 Å². The first-order valence-corrected chi connectivity index (χ1v) is 8.44. The second kappa shape index (κ2) is 5.94. The summed E-state index contributed by atoms with van der Waals surface area (Å²) in [5.74, 6) is -0.766. The quantitative estimate of drug-likeness (QED) is 0.757. The van der Waals surface area contributed by atoms with Crippen LogP contribution in [0.5, 0.6) is 0 Å². The summed E-state index contributed by atoms with van der Waals surface area (Å²) in [4.78, 5) is 31.1. The Balaban J connectivity index is 1.77. The average molecular weight is 349 g/mol. The van der Waals surface area contributed by atoms with E-state index in [2.05, 4.69) is 10.1 Å². The van der Waals surface area contributed by atoms with Crippen LogP contribution in [0, 0.1) is 13.8 Å². The third-order valence-electron chi connectivity index (χ3n) is 4.91. The molecular weight excluding hydrogens is 330 g/mol. The molecule has 26 heavy (non-hydrogen) atoms. The fourth-order valence-corrected chi connectivity index (χ4v) is 3.52. The highest BCUT2D eigenvalue weighted by Crippen LogP contribution is 2.25. The van der Waals surface area contributed by atoms with Crippen molar-refractivity contribution in [2.75, 3.05) is 0 Å². The van der Waals surface area contributed by atoms with Gasteiger partial charge in [-0.2, -0.15) is 5.10 Å². The number of fused-ring (bicyclic) bond motifs is 2. The van der Waals surface area contributed by atoms with Crippen LogP contribution in [0.4, 0.5) is 0 Å². The highest BCUT2D eigenvalue weighted by Gasteiger charge is 2.34. The predicted octanol–water partition coefficient (Wildman–Crippen LogP) is 1.40. The Labute approximate surface area is 150 Å². The molecule has 0 spiro atoms. The molecular formula is C19H19N5O2. The van der Waals surface area contributed by atoms with Gasteiger partial charge in [-0.25, -0.2) is 9.50 Å². The van der Waals surface area contributed by atoms with Crippen molar-refractivity contribution in [3.8, 4) is 0 Å². The SMILES string of the molecule is Cc1cc2ncc(C(=O)N3Cc4ccccc4C[C@H]3C(N)=O)c(C)n2n1. The van der Waals surface area contributed by atoms with Crippen molar-refractivity contribution in [3.63, 3.8) is 0 Å². The van der Waals surface area contributed by atoms with Crippen LogP contribution in [0.1, 0.15) is 32.9 Å². The first kappa shape index (κ1) is 16.3. The Kier molecular flexibility index (Phi) is 3.72. The fourth-order valence-electron chi connectivity index (χ4n) is 3.52. The number of benzene rings is 1. The van der Waals surface area contributed by atoms with E-state index in [1.165, 1.54) is 4.90 Å². The Morgan fingerprint density at radius 2 is 1.92 bits per heavy atom. The number of nitrogens with two attached hydrogens (primary N) is 1. The number of rotatable bonds is 2. The third kappa shape index (κ3) is 2.52. The van der Waals surface area contributed by atoms with Crippen LogP contribution in [0.2, 0.25) is 0 Å². The van der Waals surface area contributed by atoms with E-state index in [1.54, 1.807) is 10.7 Å². The number of nitrogens with zero attached hydrogens (tertiary/aromatic N) is 4. The van der Waals surface area contributed by atoms with Crippen LogP contribution in [0.15, 0.2) is 36.5 Å². The lowest BCUT2D eigenvalue weighted by Crippen LogP contribution is -2.51. The molecule has 0 fully saturated rings. The van der Waals surface area contributed by atoms with Crippen LogP contribution in [-0.4, -0.2) is 37.4 Å². The van der Waals surface area contributed by atoms with Gasteiger partial charge in [0.05, 0.1) is 17.0 Å². The van der Waals surface area contributed by atoms with Gasteiger partial charge >= 0.3 is 0 Å². The van der Waals surface area contributed by atoms with Crippen molar-refractivity contribution in [3.05, 3.63) is 64.6 Å². The normalized spacial score (nSPS) is 16.5. The van der Waals surface area contributed by atoms with Gasteiger partial charge in [-0.05, 0) is 25.0 Å². The van der Waals surface area contributed by atoms with Crippen LogP contribution in [0.3, 0.4) is 0 Å². The minimum atomic E-state index is -0.674. The van der Waals surface area contributed by atoms with Gasteiger partial charge in [0.1, 0.15) is 6.04 Å². The molecule has 2 N–H and O–H groups in total. The summed E-state index contributed by atoms with van der Waals surface area (Å²) >= 11 is 0. The molecule has 7 nitrogen and oxygen atoms in total. The van der Waals surface area contributed by atoms with E-state index in [1.807, 2.05) is 44.2 Å². The number of aromatic nitrogens is 3. The van der Waals surface area contributed by atoms with Crippen LogP contribution < -0.4 is 5.73 Å². The number of aryl methyl sites for hydroxylation is 2. The molecule has 2 aromatic heterocycles. The third-order valence-corrected chi connectivity index (χ3v) is 4.91. The maximum absolute atomic E-state index is 13.2. The number of carbonyl (C=O) groups is 2. The van der Waals surface area contributed by atoms with Crippen molar-refractivity contribution >= 4 is 17.5 Å². The summed E-state index contributed by atoms with van der Waals surface area (Å²) in [7, 11) is 0. The minimum absolute atomic E-state index is 0.261. The highest BCUT2D eigenvalue weighted by atomic mass is 16.2. The second-order valence-corrected chi connectivity index (χ2v) is 6.64. The van der Waals surface area contributed by atoms with Gasteiger partial charge in [-0.3, -0.25) is 9.59 Å². The predicted molar refractivity (Wildman–Crippen MR) is 95.5 cm³/mol. The van der Waals surface area contributed by atoms with Gasteiger partial charge < -0.3 is 10.6 Å². The molecule has 7 heteroatoms. The van der Waals surface area contributed by atoms with Crippen molar-refractivity contribution in [2.45, 2.75) is 32.9 Å². The van der Waals surface area contributed by atoms with E-state index in [4.69, 9.17) is 5.73 Å². The Hall–Kier alpha value is -3.22. The first-order valence-electron chi connectivity index (χ1n) is 8.44. The molecule has 3 heterocycles. The van der Waals surface area contributed by atoms with E-state index in [9.17, 15) is 9.59 Å². The molecule has 1 aliphatic heterocycles. The molecule has 1 atom stereocenters. The van der Waals surface area contributed by atoms with Crippen molar-refractivity contribution in [1.29, 1.82) is 0 Å².